The van der Waals surface area contributed by atoms with E-state index in [1.165, 1.54) is 7.11 Å². The molecule has 1 amide bonds. The van der Waals surface area contributed by atoms with Crippen LogP contribution in [0.5, 0.6) is 5.75 Å². The summed E-state index contributed by atoms with van der Waals surface area (Å²) in [4.78, 5) is 38.7. The van der Waals surface area contributed by atoms with Crippen molar-refractivity contribution in [1.29, 1.82) is 0 Å². The van der Waals surface area contributed by atoms with Crippen molar-refractivity contribution in [3.8, 4) is 17.0 Å². The first-order chi connectivity index (χ1) is 20.5. The summed E-state index contributed by atoms with van der Waals surface area (Å²) >= 11 is 0. The highest BCUT2D eigenvalue weighted by Crippen LogP contribution is 2.28. The number of anilines is 1. The topological polar surface area (TPSA) is 105 Å². The molecule has 1 aromatic carbocycles. The second-order valence-electron chi connectivity index (χ2n) is 12.2. The molecule has 9 heteroatoms. The maximum atomic E-state index is 12.8. The fourth-order valence-electron chi connectivity index (χ4n) is 5.29. The lowest BCUT2D eigenvalue weighted by Gasteiger charge is -2.31. The molecule has 3 heterocycles. The number of pyridine rings is 2. The van der Waals surface area contributed by atoms with Crippen molar-refractivity contribution in [1.82, 2.24) is 14.9 Å². The number of carbonyl (C=O) groups is 2. The fourth-order valence-corrected chi connectivity index (χ4v) is 5.29. The number of carbonyl (C=O) groups excluding carboxylic acids is 2. The van der Waals surface area contributed by atoms with E-state index >= 15 is 0 Å². The number of ether oxygens (including phenoxy) is 2. The minimum atomic E-state index is -0.556. The number of fused-ring (bicyclic) bond motifs is 1. The number of rotatable bonds is 11. The first kappa shape index (κ1) is 31.9. The highest BCUT2D eigenvalue weighted by Gasteiger charge is 2.28. The Balaban J connectivity index is 1.35. The number of esters is 1. The second-order valence-corrected chi connectivity index (χ2v) is 12.2. The first-order valence-electron chi connectivity index (χ1n) is 15.0. The van der Waals surface area contributed by atoms with Crippen LogP contribution < -0.4 is 4.90 Å². The van der Waals surface area contributed by atoms with Crippen LogP contribution in [0, 0.1) is 0 Å². The Morgan fingerprint density at radius 3 is 2.53 bits per heavy atom. The number of hydrogen-bond acceptors (Lipinski definition) is 8. The van der Waals surface area contributed by atoms with Gasteiger partial charge in [0, 0.05) is 36.0 Å². The molecule has 3 aromatic rings. The number of aryl methyl sites for hydroxylation is 2. The number of hydrogen-bond donors (Lipinski definition) is 1. The minimum Gasteiger partial charge on any atom is -0.508 e. The molecule has 4 rings (SSSR count). The molecule has 0 bridgehead atoms. The van der Waals surface area contributed by atoms with Gasteiger partial charge >= 0.3 is 12.1 Å². The monoisotopic (exact) mass is 588 g/mol. The van der Waals surface area contributed by atoms with Gasteiger partial charge in [-0.05, 0) is 114 Å². The average Bonchev–Trinajstić information content (AvgIpc) is 2.98. The van der Waals surface area contributed by atoms with Crippen molar-refractivity contribution in [2.45, 2.75) is 70.8 Å². The van der Waals surface area contributed by atoms with Crippen LogP contribution in [0.4, 0.5) is 10.6 Å². The molecule has 2 aromatic heterocycles. The molecule has 230 valence electrons. The number of unbranched alkanes of at least 4 members (excludes halogenated alkanes) is 1. The predicted molar refractivity (Wildman–Crippen MR) is 167 cm³/mol. The quantitative estimate of drug-likeness (QED) is 0.210. The molecule has 1 aliphatic heterocycles. The number of phenols is 1. The van der Waals surface area contributed by atoms with Crippen LogP contribution in [-0.4, -0.2) is 71.4 Å². The number of phenolic OH excluding ortho intramolecular Hbond substituents is 1. The lowest BCUT2D eigenvalue weighted by molar-refractivity contribution is -0.141. The summed E-state index contributed by atoms with van der Waals surface area (Å²) < 4.78 is 10.6. The van der Waals surface area contributed by atoms with Gasteiger partial charge < -0.3 is 19.5 Å². The minimum absolute atomic E-state index is 0.129. The van der Waals surface area contributed by atoms with Crippen molar-refractivity contribution in [2.24, 2.45) is 0 Å². The largest absolute Gasteiger partial charge is 0.508 e. The third-order valence-corrected chi connectivity index (χ3v) is 7.46. The molecule has 1 N–H and O–H groups in total. The molecular formula is C34H44N4O5. The highest BCUT2D eigenvalue weighted by atomic mass is 16.6. The van der Waals surface area contributed by atoms with Gasteiger partial charge in [-0.15, -0.1) is 0 Å². The van der Waals surface area contributed by atoms with Crippen LogP contribution in [0.25, 0.3) is 11.3 Å². The maximum Gasteiger partial charge on any atom is 0.416 e. The fraction of sp³-hybridized carbons (Fsp3) is 0.471. The summed E-state index contributed by atoms with van der Waals surface area (Å²) in [6.07, 6.45) is 4.41. The zero-order valence-corrected chi connectivity index (χ0v) is 26.0. The molecule has 0 saturated carbocycles. The van der Waals surface area contributed by atoms with Gasteiger partial charge in [0.2, 0.25) is 0 Å². The zero-order valence-electron chi connectivity index (χ0n) is 26.0. The summed E-state index contributed by atoms with van der Waals surface area (Å²) in [7, 11) is 3.47. The van der Waals surface area contributed by atoms with Gasteiger partial charge in [0.1, 0.15) is 17.2 Å². The number of aromatic nitrogens is 2. The number of likely N-dealkylation sites (N-methyl/N-ethyl adjacent to an activating group) is 1. The van der Waals surface area contributed by atoms with E-state index in [0.29, 0.717) is 13.1 Å². The Morgan fingerprint density at radius 1 is 1.05 bits per heavy atom. The number of amides is 1. The lowest BCUT2D eigenvalue weighted by Crippen LogP contribution is -2.40. The molecule has 43 heavy (non-hydrogen) atoms. The zero-order chi connectivity index (χ0) is 31.0. The van der Waals surface area contributed by atoms with E-state index in [-0.39, 0.29) is 30.2 Å². The van der Waals surface area contributed by atoms with E-state index in [1.54, 1.807) is 17.0 Å². The van der Waals surface area contributed by atoms with Gasteiger partial charge in [0.05, 0.1) is 19.2 Å². The van der Waals surface area contributed by atoms with Crippen molar-refractivity contribution >= 4 is 17.9 Å². The standard InChI is InChI=1S/C34H44N4O5/c1-34(2,3)43-33(41)38-21-9-10-25-14-17-27(35-32(25)38)11-6-7-20-37(4)23-26(22-31(40)42-5)30-13-8-12-29(36-30)24-15-18-28(39)19-16-24/h8,12-19,26,39H,6-7,9-11,20-23H2,1-5H3/t26-/m1/s1. The normalized spacial score (nSPS) is 13.9. The molecule has 0 fully saturated rings. The molecule has 1 atom stereocenters. The lowest BCUT2D eigenvalue weighted by atomic mass is 9.98. The SMILES string of the molecule is COC(=O)C[C@H](CN(C)CCCCc1ccc2c(n1)N(C(=O)OC(C)(C)C)CCC2)c1cccc(-c2ccc(O)cc2)n1. The van der Waals surface area contributed by atoms with E-state index in [0.717, 1.165) is 72.7 Å². The van der Waals surface area contributed by atoms with Gasteiger partial charge in [-0.1, -0.05) is 12.1 Å². The van der Waals surface area contributed by atoms with Crippen molar-refractivity contribution in [3.05, 3.63) is 71.5 Å². The molecule has 9 nitrogen and oxygen atoms in total. The second kappa shape index (κ2) is 14.5. The van der Waals surface area contributed by atoms with Gasteiger partial charge in [-0.3, -0.25) is 14.7 Å². The van der Waals surface area contributed by atoms with Gasteiger partial charge in [-0.2, -0.15) is 0 Å². The van der Waals surface area contributed by atoms with E-state index in [4.69, 9.17) is 19.4 Å². The number of aromatic hydroxyl groups is 1. The van der Waals surface area contributed by atoms with Crippen LogP contribution in [0.1, 0.15) is 69.3 Å². The van der Waals surface area contributed by atoms with Crippen LogP contribution in [0.15, 0.2) is 54.6 Å². The third kappa shape index (κ3) is 9.25. The average molecular weight is 589 g/mol. The molecule has 0 saturated heterocycles. The molecule has 0 spiro atoms. The van der Waals surface area contributed by atoms with Crippen LogP contribution in [0.3, 0.4) is 0 Å². The molecule has 0 radical (unpaired) electrons. The first-order valence-corrected chi connectivity index (χ1v) is 15.0. The Bertz CT molecular complexity index is 1390. The van der Waals surface area contributed by atoms with Crippen molar-refractivity contribution in [2.75, 3.05) is 38.7 Å². The van der Waals surface area contributed by atoms with Gasteiger partial charge in [0.15, 0.2) is 0 Å². The summed E-state index contributed by atoms with van der Waals surface area (Å²) in [5.41, 5.74) is 4.01. The van der Waals surface area contributed by atoms with E-state index in [9.17, 15) is 14.7 Å². The van der Waals surface area contributed by atoms with Gasteiger partial charge in [0.25, 0.3) is 0 Å². The van der Waals surface area contributed by atoms with Crippen LogP contribution in [-0.2, 0) is 27.1 Å². The van der Waals surface area contributed by atoms with Crippen molar-refractivity contribution < 1.29 is 24.2 Å². The Hall–Kier alpha value is -3.98. The summed E-state index contributed by atoms with van der Waals surface area (Å²) in [6.45, 7) is 7.75. The number of nitrogens with zero attached hydrogens (tertiary/aromatic N) is 4. The molecule has 0 aliphatic carbocycles. The molecule has 0 unspecified atom stereocenters. The number of benzene rings is 1. The Kier molecular flexibility index (Phi) is 10.7. The summed E-state index contributed by atoms with van der Waals surface area (Å²) in [6, 6.07) is 16.9. The smallest absolute Gasteiger partial charge is 0.416 e. The summed E-state index contributed by atoms with van der Waals surface area (Å²) in [5, 5.41) is 9.64. The van der Waals surface area contributed by atoms with Crippen LogP contribution in [0.2, 0.25) is 0 Å². The van der Waals surface area contributed by atoms with Crippen molar-refractivity contribution in [3.63, 3.8) is 0 Å². The van der Waals surface area contributed by atoms with Crippen LogP contribution >= 0.6 is 0 Å². The van der Waals surface area contributed by atoms with E-state index in [1.807, 2.05) is 51.1 Å². The third-order valence-electron chi connectivity index (χ3n) is 7.46. The summed E-state index contributed by atoms with van der Waals surface area (Å²) in [5.74, 6) is 0.530. The molecule has 1 aliphatic rings. The maximum absolute atomic E-state index is 12.8. The van der Waals surface area contributed by atoms with Gasteiger partial charge in [-0.25, -0.2) is 9.78 Å². The molecular weight excluding hydrogens is 544 g/mol. The predicted octanol–water partition coefficient (Wildman–Crippen LogP) is 6.14. The highest BCUT2D eigenvalue weighted by molar-refractivity contribution is 5.88. The van der Waals surface area contributed by atoms with E-state index < -0.39 is 5.60 Å². The Labute approximate surface area is 254 Å². The van der Waals surface area contributed by atoms with E-state index in [2.05, 4.69) is 24.1 Å². The Morgan fingerprint density at radius 2 is 1.81 bits per heavy atom. The number of methoxy groups -OCH3 is 1.